The van der Waals surface area contributed by atoms with Gasteiger partial charge in [0.25, 0.3) is 0 Å². The molecule has 1 aromatic carbocycles. The van der Waals surface area contributed by atoms with Crippen molar-refractivity contribution in [3.8, 4) is 0 Å². The highest BCUT2D eigenvalue weighted by Gasteiger charge is 2.24. The van der Waals surface area contributed by atoms with E-state index in [-0.39, 0.29) is 23.9 Å². The Morgan fingerprint density at radius 3 is 2.33 bits per heavy atom. The van der Waals surface area contributed by atoms with Crippen LogP contribution >= 0.6 is 39.9 Å². The van der Waals surface area contributed by atoms with Gasteiger partial charge in [0.05, 0.1) is 0 Å². The van der Waals surface area contributed by atoms with E-state index < -0.39 is 0 Å². The maximum Gasteiger partial charge on any atom is 0.0454 e. The standard InChI is InChI=1S/C11H15BrClN.ClH/c1-11(2,3)10(14)8-6-7(12)4-5-9(8)13;/h4-6,10H,14H2,1-3H3;1H/t10-;/m1./s1. The van der Waals surface area contributed by atoms with Crippen LogP contribution in [0.3, 0.4) is 0 Å². The molecule has 1 nitrogen and oxygen atoms in total. The van der Waals surface area contributed by atoms with Crippen LogP contribution in [0.1, 0.15) is 32.4 Å². The third kappa shape index (κ3) is 3.95. The zero-order valence-electron chi connectivity index (χ0n) is 9.05. The highest BCUT2D eigenvalue weighted by Crippen LogP contribution is 2.35. The number of benzene rings is 1. The largest absolute Gasteiger partial charge is 0.323 e. The second-order valence-corrected chi connectivity index (χ2v) is 5.83. The van der Waals surface area contributed by atoms with E-state index in [0.717, 1.165) is 15.1 Å². The van der Waals surface area contributed by atoms with Gasteiger partial charge in [0, 0.05) is 15.5 Å². The molecule has 1 aromatic rings. The predicted octanol–water partition coefficient (Wildman–Crippen LogP) is 4.57. The second kappa shape index (κ2) is 5.53. The van der Waals surface area contributed by atoms with Crippen LogP contribution in [-0.2, 0) is 0 Å². The van der Waals surface area contributed by atoms with Crippen LogP contribution in [0.15, 0.2) is 22.7 Å². The molecular formula is C11H16BrCl2N. The Balaban J connectivity index is 0.00000196. The van der Waals surface area contributed by atoms with Gasteiger partial charge in [-0.25, -0.2) is 0 Å². The minimum Gasteiger partial charge on any atom is -0.323 e. The molecule has 0 heterocycles. The summed E-state index contributed by atoms with van der Waals surface area (Å²) in [4.78, 5) is 0. The summed E-state index contributed by atoms with van der Waals surface area (Å²) in [5, 5.41) is 0.732. The fourth-order valence-corrected chi connectivity index (χ4v) is 1.83. The molecule has 0 fully saturated rings. The van der Waals surface area contributed by atoms with Crippen molar-refractivity contribution in [3.05, 3.63) is 33.3 Å². The Morgan fingerprint density at radius 2 is 1.87 bits per heavy atom. The van der Waals surface area contributed by atoms with Gasteiger partial charge in [0.2, 0.25) is 0 Å². The molecule has 15 heavy (non-hydrogen) atoms. The van der Waals surface area contributed by atoms with Crippen molar-refractivity contribution in [3.63, 3.8) is 0 Å². The van der Waals surface area contributed by atoms with E-state index in [1.807, 2.05) is 18.2 Å². The van der Waals surface area contributed by atoms with Crippen LogP contribution in [0.25, 0.3) is 0 Å². The number of halogens is 3. The molecule has 0 aliphatic rings. The fraction of sp³-hybridized carbons (Fsp3) is 0.455. The average molecular weight is 313 g/mol. The van der Waals surface area contributed by atoms with E-state index in [4.69, 9.17) is 17.3 Å². The molecule has 86 valence electrons. The summed E-state index contributed by atoms with van der Waals surface area (Å²) >= 11 is 9.51. The zero-order valence-corrected chi connectivity index (χ0v) is 12.2. The Morgan fingerprint density at radius 1 is 1.33 bits per heavy atom. The van der Waals surface area contributed by atoms with E-state index in [0.29, 0.717) is 0 Å². The molecule has 2 N–H and O–H groups in total. The molecule has 0 amide bonds. The average Bonchev–Trinajstić information content (AvgIpc) is 2.06. The summed E-state index contributed by atoms with van der Waals surface area (Å²) in [6, 6.07) is 5.72. The number of hydrogen-bond acceptors (Lipinski definition) is 1. The highest BCUT2D eigenvalue weighted by molar-refractivity contribution is 9.10. The summed E-state index contributed by atoms with van der Waals surface area (Å²) in [7, 11) is 0. The van der Waals surface area contributed by atoms with Crippen LogP contribution in [0.2, 0.25) is 5.02 Å². The van der Waals surface area contributed by atoms with Gasteiger partial charge < -0.3 is 5.73 Å². The Bertz CT molecular complexity index is 334. The van der Waals surface area contributed by atoms with E-state index in [1.54, 1.807) is 0 Å². The van der Waals surface area contributed by atoms with Crippen molar-refractivity contribution < 1.29 is 0 Å². The summed E-state index contributed by atoms with van der Waals surface area (Å²) in [6.07, 6.45) is 0. The molecule has 1 rings (SSSR count). The van der Waals surface area contributed by atoms with E-state index >= 15 is 0 Å². The SMILES string of the molecule is CC(C)(C)[C@H](N)c1cc(Br)ccc1Cl.Cl. The maximum atomic E-state index is 6.14. The molecule has 1 atom stereocenters. The van der Waals surface area contributed by atoms with E-state index in [9.17, 15) is 0 Å². The molecule has 0 radical (unpaired) electrons. The monoisotopic (exact) mass is 311 g/mol. The van der Waals surface area contributed by atoms with Gasteiger partial charge in [-0.2, -0.15) is 0 Å². The van der Waals surface area contributed by atoms with E-state index in [2.05, 4.69) is 36.7 Å². The van der Waals surface area contributed by atoms with Crippen molar-refractivity contribution in [1.82, 2.24) is 0 Å². The van der Waals surface area contributed by atoms with Gasteiger partial charge in [-0.1, -0.05) is 48.3 Å². The molecule has 0 bridgehead atoms. The van der Waals surface area contributed by atoms with Crippen LogP contribution < -0.4 is 5.73 Å². The fourth-order valence-electron chi connectivity index (χ4n) is 1.22. The minimum absolute atomic E-state index is 0. The molecule has 4 heteroatoms. The summed E-state index contributed by atoms with van der Waals surface area (Å²) in [6.45, 7) is 6.32. The topological polar surface area (TPSA) is 26.0 Å². The molecular weight excluding hydrogens is 297 g/mol. The smallest absolute Gasteiger partial charge is 0.0454 e. The number of rotatable bonds is 1. The van der Waals surface area contributed by atoms with Crippen molar-refractivity contribution >= 4 is 39.9 Å². The van der Waals surface area contributed by atoms with Gasteiger partial charge in [-0.05, 0) is 29.2 Å². The lowest BCUT2D eigenvalue weighted by atomic mass is 9.83. The zero-order chi connectivity index (χ0) is 10.9. The van der Waals surface area contributed by atoms with Crippen molar-refractivity contribution in [2.45, 2.75) is 26.8 Å². The summed E-state index contributed by atoms with van der Waals surface area (Å²) in [5.74, 6) is 0. The van der Waals surface area contributed by atoms with Crippen LogP contribution in [0.5, 0.6) is 0 Å². The Kier molecular flexibility index (Phi) is 5.62. The molecule has 0 aliphatic heterocycles. The first-order valence-corrected chi connectivity index (χ1v) is 5.70. The lowest BCUT2D eigenvalue weighted by Gasteiger charge is -2.28. The van der Waals surface area contributed by atoms with Gasteiger partial charge in [0.1, 0.15) is 0 Å². The first kappa shape index (κ1) is 15.2. The first-order chi connectivity index (χ1) is 6.32. The van der Waals surface area contributed by atoms with Crippen molar-refractivity contribution in [2.75, 3.05) is 0 Å². The third-order valence-electron chi connectivity index (χ3n) is 2.23. The summed E-state index contributed by atoms with van der Waals surface area (Å²) in [5.41, 5.74) is 7.15. The van der Waals surface area contributed by atoms with Crippen molar-refractivity contribution in [1.29, 1.82) is 0 Å². The molecule has 0 saturated carbocycles. The molecule has 0 saturated heterocycles. The van der Waals surface area contributed by atoms with Crippen molar-refractivity contribution in [2.24, 2.45) is 11.1 Å². The Labute approximate surface area is 111 Å². The minimum atomic E-state index is -0.0486. The highest BCUT2D eigenvalue weighted by atomic mass is 79.9. The molecule has 0 aliphatic carbocycles. The molecule has 0 spiro atoms. The van der Waals surface area contributed by atoms with Crippen LogP contribution in [0, 0.1) is 5.41 Å². The molecule has 0 unspecified atom stereocenters. The van der Waals surface area contributed by atoms with Gasteiger partial charge in [-0.3, -0.25) is 0 Å². The van der Waals surface area contributed by atoms with Gasteiger partial charge in [0.15, 0.2) is 0 Å². The predicted molar refractivity (Wildman–Crippen MR) is 72.8 cm³/mol. The van der Waals surface area contributed by atoms with E-state index in [1.165, 1.54) is 0 Å². The lowest BCUT2D eigenvalue weighted by molar-refractivity contribution is 0.327. The second-order valence-electron chi connectivity index (χ2n) is 4.51. The third-order valence-corrected chi connectivity index (χ3v) is 3.06. The van der Waals surface area contributed by atoms with Crippen LogP contribution in [0.4, 0.5) is 0 Å². The van der Waals surface area contributed by atoms with Gasteiger partial charge >= 0.3 is 0 Å². The van der Waals surface area contributed by atoms with Gasteiger partial charge in [-0.15, -0.1) is 12.4 Å². The normalized spacial score (nSPS) is 13.2. The van der Waals surface area contributed by atoms with Crippen LogP contribution in [-0.4, -0.2) is 0 Å². The summed E-state index contributed by atoms with van der Waals surface area (Å²) < 4.78 is 1.01. The number of hydrogen-bond donors (Lipinski definition) is 1. The number of nitrogens with two attached hydrogens (primary N) is 1. The molecule has 0 aromatic heterocycles. The Hall–Kier alpha value is 0.240. The maximum absolute atomic E-state index is 6.14. The first-order valence-electron chi connectivity index (χ1n) is 4.53. The quantitative estimate of drug-likeness (QED) is 0.807. The lowest BCUT2D eigenvalue weighted by Crippen LogP contribution is -2.26.